The minimum Gasteiger partial charge on any atom is -0.480 e. The largest absolute Gasteiger partial charge is 0.480 e. The first-order valence-electron chi connectivity index (χ1n) is 6.00. The fraction of sp³-hybridized carbons (Fsp3) is 0.750. The van der Waals surface area contributed by atoms with Gasteiger partial charge in [-0.3, -0.25) is 9.69 Å². The van der Waals surface area contributed by atoms with E-state index >= 15 is 0 Å². The molecule has 1 heterocycles. The molecule has 19 heavy (non-hydrogen) atoms. The standard InChI is InChI=1S/C12H19NO5S/c1-7(14)19-8-5-9(10(15)16)13(6-8)11(17)18-12(2,3)4/h8-9H,5-6H2,1-4H3,(H,15,16)/t8-,9-/m0/s1. The first-order chi connectivity index (χ1) is 8.60. The molecule has 0 aromatic rings. The van der Waals surface area contributed by atoms with Crippen LogP contribution in [0, 0.1) is 0 Å². The normalized spacial score (nSPS) is 23.3. The van der Waals surface area contributed by atoms with Gasteiger partial charge in [-0.2, -0.15) is 0 Å². The molecule has 0 aromatic heterocycles. The van der Waals surface area contributed by atoms with E-state index in [2.05, 4.69) is 0 Å². The molecular weight excluding hydrogens is 270 g/mol. The van der Waals surface area contributed by atoms with Crippen molar-refractivity contribution in [3.8, 4) is 0 Å². The first-order valence-corrected chi connectivity index (χ1v) is 6.88. The lowest BCUT2D eigenvalue weighted by Gasteiger charge is -2.26. The summed E-state index contributed by atoms with van der Waals surface area (Å²) in [6, 6.07) is -0.924. The number of aliphatic carboxylic acids is 1. The van der Waals surface area contributed by atoms with Crippen LogP contribution in [0.25, 0.3) is 0 Å². The molecule has 1 fully saturated rings. The van der Waals surface area contributed by atoms with Crippen LogP contribution >= 0.6 is 11.8 Å². The summed E-state index contributed by atoms with van der Waals surface area (Å²) in [5, 5.41) is 8.87. The highest BCUT2D eigenvalue weighted by atomic mass is 32.2. The van der Waals surface area contributed by atoms with E-state index in [1.54, 1.807) is 20.8 Å². The minimum atomic E-state index is -1.07. The zero-order chi connectivity index (χ0) is 14.8. The molecule has 0 saturated carbocycles. The molecule has 0 spiro atoms. The molecule has 6 nitrogen and oxygen atoms in total. The Morgan fingerprint density at radius 2 is 1.89 bits per heavy atom. The number of amides is 1. The molecule has 108 valence electrons. The van der Waals surface area contributed by atoms with Gasteiger partial charge in [-0.05, 0) is 27.2 Å². The number of thioether (sulfide) groups is 1. The van der Waals surface area contributed by atoms with Crippen LogP contribution in [-0.4, -0.2) is 50.6 Å². The summed E-state index contributed by atoms with van der Waals surface area (Å²) in [6.45, 7) is 6.81. The Labute approximate surface area is 116 Å². The lowest BCUT2D eigenvalue weighted by molar-refractivity contribution is -0.142. The van der Waals surface area contributed by atoms with E-state index < -0.39 is 23.7 Å². The Morgan fingerprint density at radius 3 is 2.32 bits per heavy atom. The highest BCUT2D eigenvalue weighted by Crippen LogP contribution is 2.29. The number of hydrogen-bond donors (Lipinski definition) is 1. The smallest absolute Gasteiger partial charge is 0.411 e. The second-order valence-corrected chi connectivity index (χ2v) is 6.93. The van der Waals surface area contributed by atoms with Crippen molar-refractivity contribution in [2.45, 2.75) is 51.0 Å². The molecule has 7 heteroatoms. The van der Waals surface area contributed by atoms with E-state index in [1.165, 1.54) is 11.8 Å². The number of nitrogens with zero attached hydrogens (tertiary/aromatic N) is 1. The molecule has 0 unspecified atom stereocenters. The van der Waals surface area contributed by atoms with Crippen molar-refractivity contribution in [2.24, 2.45) is 0 Å². The predicted octanol–water partition coefficient (Wildman–Crippen LogP) is 1.73. The molecule has 0 aliphatic carbocycles. The molecule has 0 aromatic carbocycles. The maximum Gasteiger partial charge on any atom is 0.411 e. The van der Waals surface area contributed by atoms with Gasteiger partial charge in [0.15, 0.2) is 5.12 Å². The van der Waals surface area contributed by atoms with E-state index in [1.807, 2.05) is 0 Å². The van der Waals surface area contributed by atoms with Crippen LogP contribution in [0.4, 0.5) is 4.79 Å². The van der Waals surface area contributed by atoms with Crippen molar-refractivity contribution in [1.29, 1.82) is 0 Å². The summed E-state index contributed by atoms with van der Waals surface area (Å²) >= 11 is 1.07. The number of carbonyl (C=O) groups excluding carboxylic acids is 2. The Bertz CT molecular complexity index is 390. The lowest BCUT2D eigenvalue weighted by Crippen LogP contribution is -2.43. The maximum atomic E-state index is 12.0. The molecule has 1 N–H and O–H groups in total. The quantitative estimate of drug-likeness (QED) is 0.833. The Morgan fingerprint density at radius 1 is 1.32 bits per heavy atom. The van der Waals surface area contributed by atoms with Crippen LogP contribution in [0.15, 0.2) is 0 Å². The molecule has 1 aliphatic rings. The van der Waals surface area contributed by atoms with E-state index in [9.17, 15) is 14.4 Å². The van der Waals surface area contributed by atoms with Gasteiger partial charge in [-0.15, -0.1) is 0 Å². The molecule has 0 bridgehead atoms. The molecule has 1 aliphatic heterocycles. The summed E-state index contributed by atoms with van der Waals surface area (Å²) in [7, 11) is 0. The molecular formula is C12H19NO5S. The van der Waals surface area contributed by atoms with Gasteiger partial charge in [-0.25, -0.2) is 9.59 Å². The van der Waals surface area contributed by atoms with E-state index in [0.29, 0.717) is 0 Å². The van der Waals surface area contributed by atoms with Crippen LogP contribution in [-0.2, 0) is 14.3 Å². The number of ether oxygens (including phenoxy) is 1. The highest BCUT2D eigenvalue weighted by molar-refractivity contribution is 8.14. The summed E-state index contributed by atoms with van der Waals surface area (Å²) in [5.74, 6) is -1.07. The number of likely N-dealkylation sites (tertiary alicyclic amines) is 1. The lowest BCUT2D eigenvalue weighted by atomic mass is 10.2. The Kier molecular flexibility index (Phi) is 4.84. The number of carboxylic acids is 1. The fourth-order valence-corrected chi connectivity index (χ4v) is 2.86. The summed E-state index contributed by atoms with van der Waals surface area (Å²) in [5.41, 5.74) is -0.675. The molecule has 1 saturated heterocycles. The SMILES string of the molecule is CC(=O)S[C@H]1C[C@@H](C(=O)O)N(C(=O)OC(C)(C)C)C1. The van der Waals surface area contributed by atoms with Crippen LogP contribution in [0.2, 0.25) is 0 Å². The van der Waals surface area contributed by atoms with Crippen LogP contribution in [0.1, 0.15) is 34.1 Å². The van der Waals surface area contributed by atoms with Gasteiger partial charge >= 0.3 is 12.1 Å². The highest BCUT2D eigenvalue weighted by Gasteiger charge is 2.42. The molecule has 1 amide bonds. The Hall–Kier alpha value is -1.24. The number of carbonyl (C=O) groups is 3. The van der Waals surface area contributed by atoms with Gasteiger partial charge < -0.3 is 9.84 Å². The predicted molar refractivity (Wildman–Crippen MR) is 71.0 cm³/mol. The zero-order valence-corrected chi connectivity index (χ0v) is 12.3. The van der Waals surface area contributed by atoms with Gasteiger partial charge in [0.1, 0.15) is 11.6 Å². The summed E-state index contributed by atoms with van der Waals surface area (Å²) in [6.07, 6.45) is -0.384. The van der Waals surface area contributed by atoms with Crippen molar-refractivity contribution in [1.82, 2.24) is 4.90 Å². The van der Waals surface area contributed by atoms with Crippen LogP contribution < -0.4 is 0 Å². The summed E-state index contributed by atoms with van der Waals surface area (Å²) in [4.78, 5) is 35.4. The van der Waals surface area contributed by atoms with Gasteiger partial charge in [0, 0.05) is 18.7 Å². The third kappa shape index (κ3) is 4.74. The monoisotopic (exact) mass is 289 g/mol. The topological polar surface area (TPSA) is 83.9 Å². The van der Waals surface area contributed by atoms with E-state index in [4.69, 9.17) is 9.84 Å². The second kappa shape index (κ2) is 5.81. The summed E-state index contributed by atoms with van der Waals surface area (Å²) < 4.78 is 5.18. The van der Waals surface area contributed by atoms with Gasteiger partial charge in [0.05, 0.1) is 0 Å². The molecule has 0 radical (unpaired) electrons. The minimum absolute atomic E-state index is 0.0832. The van der Waals surface area contributed by atoms with Crippen LogP contribution in [0.3, 0.4) is 0 Å². The second-order valence-electron chi connectivity index (χ2n) is 5.45. The molecule has 1 rings (SSSR count). The third-order valence-electron chi connectivity index (χ3n) is 2.51. The van der Waals surface area contributed by atoms with Crippen molar-refractivity contribution >= 4 is 28.9 Å². The Balaban J connectivity index is 2.76. The number of carboxylic acid groups (broad SMARTS) is 1. The van der Waals surface area contributed by atoms with Gasteiger partial charge in [0.25, 0.3) is 0 Å². The van der Waals surface area contributed by atoms with Crippen molar-refractivity contribution in [3.05, 3.63) is 0 Å². The van der Waals surface area contributed by atoms with Gasteiger partial charge in [0.2, 0.25) is 0 Å². The fourth-order valence-electron chi connectivity index (χ4n) is 1.87. The van der Waals surface area contributed by atoms with E-state index in [-0.39, 0.29) is 23.3 Å². The van der Waals surface area contributed by atoms with Crippen LogP contribution in [0.5, 0.6) is 0 Å². The van der Waals surface area contributed by atoms with Crippen molar-refractivity contribution in [3.63, 3.8) is 0 Å². The molecule has 2 atom stereocenters. The van der Waals surface area contributed by atoms with Crippen molar-refractivity contribution < 1.29 is 24.2 Å². The first kappa shape index (κ1) is 15.8. The third-order valence-corrected chi connectivity index (χ3v) is 3.52. The average Bonchev–Trinajstić information content (AvgIpc) is 2.57. The average molecular weight is 289 g/mol. The van der Waals surface area contributed by atoms with E-state index in [0.717, 1.165) is 11.8 Å². The van der Waals surface area contributed by atoms with Crippen molar-refractivity contribution in [2.75, 3.05) is 6.54 Å². The maximum absolute atomic E-state index is 12.0. The number of rotatable bonds is 2. The zero-order valence-electron chi connectivity index (χ0n) is 11.5. The number of hydrogen-bond acceptors (Lipinski definition) is 5. The van der Waals surface area contributed by atoms with Gasteiger partial charge in [-0.1, -0.05) is 11.8 Å².